The van der Waals surface area contributed by atoms with Crippen LogP contribution < -0.4 is 4.90 Å². The van der Waals surface area contributed by atoms with Crippen molar-refractivity contribution < 1.29 is 0 Å². The van der Waals surface area contributed by atoms with Crippen molar-refractivity contribution >= 4 is 17.2 Å². The first-order valence-corrected chi connectivity index (χ1v) is 9.22. The predicted molar refractivity (Wildman–Crippen MR) is 97.6 cm³/mol. The normalized spacial score (nSPS) is 15.8. The summed E-state index contributed by atoms with van der Waals surface area (Å²) in [5.41, 5.74) is 3.31. The molecular formula is C18H21N5S. The van der Waals surface area contributed by atoms with Crippen molar-refractivity contribution in [3.8, 4) is 10.6 Å². The second-order valence-corrected chi connectivity index (χ2v) is 7.28. The van der Waals surface area contributed by atoms with Crippen LogP contribution in [-0.2, 0) is 0 Å². The molecule has 0 saturated carbocycles. The fourth-order valence-corrected chi connectivity index (χ4v) is 3.92. The van der Waals surface area contributed by atoms with Gasteiger partial charge in [-0.25, -0.2) is 15.0 Å². The number of H-pyrrole nitrogens is 1. The molecule has 0 bridgehead atoms. The molecule has 1 N–H and O–H groups in total. The Balaban J connectivity index is 1.47. The van der Waals surface area contributed by atoms with E-state index in [2.05, 4.69) is 62.3 Å². The van der Waals surface area contributed by atoms with E-state index in [1.54, 1.807) is 17.7 Å². The Morgan fingerprint density at radius 1 is 1.21 bits per heavy atom. The Bertz CT molecular complexity index is 796. The fraction of sp³-hybridized carbons (Fsp3) is 0.389. The number of thiophene rings is 1. The largest absolute Gasteiger partial charge is 0.356 e. The maximum Gasteiger partial charge on any atom is 0.132 e. The summed E-state index contributed by atoms with van der Waals surface area (Å²) in [7, 11) is 0. The highest BCUT2D eigenvalue weighted by molar-refractivity contribution is 7.13. The number of hydrogen-bond donors (Lipinski definition) is 1. The quantitative estimate of drug-likeness (QED) is 0.785. The molecule has 3 aromatic rings. The number of nitrogens with one attached hydrogen (secondary N) is 1. The van der Waals surface area contributed by atoms with Gasteiger partial charge >= 0.3 is 0 Å². The minimum atomic E-state index is 0.521. The molecule has 0 aromatic carbocycles. The van der Waals surface area contributed by atoms with Gasteiger partial charge in [-0.3, -0.25) is 0 Å². The summed E-state index contributed by atoms with van der Waals surface area (Å²) < 4.78 is 0. The molecule has 1 saturated heterocycles. The lowest BCUT2D eigenvalue weighted by Gasteiger charge is -2.32. The van der Waals surface area contributed by atoms with Gasteiger partial charge in [0.2, 0.25) is 0 Å². The summed E-state index contributed by atoms with van der Waals surface area (Å²) in [5, 5.41) is 2.08. The summed E-state index contributed by atoms with van der Waals surface area (Å²) in [6, 6.07) is 6.26. The van der Waals surface area contributed by atoms with Crippen LogP contribution in [0.1, 0.15) is 36.0 Å². The van der Waals surface area contributed by atoms with Crippen LogP contribution in [0.2, 0.25) is 0 Å². The molecule has 0 spiro atoms. The Morgan fingerprint density at radius 2 is 2.04 bits per heavy atom. The number of hydrogen-bond acceptors (Lipinski definition) is 5. The minimum Gasteiger partial charge on any atom is -0.356 e. The summed E-state index contributed by atoms with van der Waals surface area (Å²) >= 11 is 1.71. The molecule has 0 amide bonds. The van der Waals surface area contributed by atoms with E-state index in [0.717, 1.165) is 49.0 Å². The van der Waals surface area contributed by atoms with Crippen LogP contribution in [0, 0.1) is 13.8 Å². The number of aryl methyl sites for hydroxylation is 2. The van der Waals surface area contributed by atoms with Crippen LogP contribution in [0.4, 0.5) is 5.82 Å². The molecule has 1 fully saturated rings. The highest BCUT2D eigenvalue weighted by Gasteiger charge is 2.24. The fourth-order valence-electron chi connectivity index (χ4n) is 3.23. The summed E-state index contributed by atoms with van der Waals surface area (Å²) in [4.78, 5) is 20.6. The van der Waals surface area contributed by atoms with Crippen molar-refractivity contribution in [3.63, 3.8) is 0 Å². The number of aromatic nitrogens is 4. The lowest BCUT2D eigenvalue weighted by Crippen LogP contribution is -2.33. The second-order valence-electron chi connectivity index (χ2n) is 6.33. The van der Waals surface area contributed by atoms with E-state index >= 15 is 0 Å². The van der Waals surface area contributed by atoms with E-state index in [4.69, 9.17) is 0 Å². The molecule has 0 aliphatic carbocycles. The lowest BCUT2D eigenvalue weighted by molar-refractivity contribution is 0.485. The van der Waals surface area contributed by atoms with E-state index in [-0.39, 0.29) is 0 Å². The zero-order valence-electron chi connectivity index (χ0n) is 14.0. The molecule has 4 rings (SSSR count). The van der Waals surface area contributed by atoms with Gasteiger partial charge in [-0.1, -0.05) is 6.07 Å². The van der Waals surface area contributed by atoms with Crippen molar-refractivity contribution in [2.75, 3.05) is 18.0 Å². The molecule has 124 valence electrons. The van der Waals surface area contributed by atoms with E-state index in [0.29, 0.717) is 5.92 Å². The molecule has 1 aliphatic rings. The molecule has 4 heterocycles. The van der Waals surface area contributed by atoms with Gasteiger partial charge in [-0.2, -0.15) is 0 Å². The standard InChI is InChI=1S/C18H21N5S/c1-12-13(2)22-18(21-12)14-5-7-23(8-6-14)17-10-15(19-11-20-17)16-4-3-9-24-16/h3-4,9-11,14H,5-8H2,1-2H3,(H,21,22). The zero-order valence-corrected chi connectivity index (χ0v) is 14.8. The van der Waals surface area contributed by atoms with E-state index in [1.807, 2.05) is 0 Å². The van der Waals surface area contributed by atoms with E-state index in [1.165, 1.54) is 10.6 Å². The predicted octanol–water partition coefficient (Wildman–Crippen LogP) is 3.93. The van der Waals surface area contributed by atoms with Crippen molar-refractivity contribution in [2.45, 2.75) is 32.6 Å². The number of aromatic amines is 1. The monoisotopic (exact) mass is 339 g/mol. The molecule has 5 nitrogen and oxygen atoms in total. The van der Waals surface area contributed by atoms with Crippen molar-refractivity contribution in [2.24, 2.45) is 0 Å². The highest BCUT2D eigenvalue weighted by atomic mass is 32.1. The summed E-state index contributed by atoms with van der Waals surface area (Å²) in [6.07, 6.45) is 3.88. The molecule has 0 radical (unpaired) electrons. The van der Waals surface area contributed by atoms with Crippen LogP contribution in [-0.4, -0.2) is 33.0 Å². The molecule has 6 heteroatoms. The maximum atomic E-state index is 4.68. The first-order valence-electron chi connectivity index (χ1n) is 8.34. The van der Waals surface area contributed by atoms with Gasteiger partial charge in [0.05, 0.1) is 16.3 Å². The topological polar surface area (TPSA) is 57.7 Å². The van der Waals surface area contributed by atoms with Gasteiger partial charge in [-0.05, 0) is 38.1 Å². The Hall–Kier alpha value is -2.21. The zero-order chi connectivity index (χ0) is 16.5. The van der Waals surface area contributed by atoms with Crippen LogP contribution in [0.5, 0.6) is 0 Å². The number of anilines is 1. The van der Waals surface area contributed by atoms with Gasteiger partial charge in [0.15, 0.2) is 0 Å². The van der Waals surface area contributed by atoms with E-state index < -0.39 is 0 Å². The van der Waals surface area contributed by atoms with Crippen molar-refractivity contribution in [1.29, 1.82) is 0 Å². The first-order chi connectivity index (χ1) is 11.7. The van der Waals surface area contributed by atoms with Gasteiger partial charge in [0.25, 0.3) is 0 Å². The molecule has 24 heavy (non-hydrogen) atoms. The summed E-state index contributed by atoms with van der Waals surface area (Å²) in [5.74, 6) is 2.69. The lowest BCUT2D eigenvalue weighted by atomic mass is 9.96. The number of rotatable bonds is 3. The molecule has 1 aliphatic heterocycles. The maximum absolute atomic E-state index is 4.68. The van der Waals surface area contributed by atoms with Gasteiger partial charge in [0.1, 0.15) is 18.0 Å². The van der Waals surface area contributed by atoms with Crippen LogP contribution >= 0.6 is 11.3 Å². The number of nitrogens with zero attached hydrogens (tertiary/aromatic N) is 4. The van der Waals surface area contributed by atoms with Crippen LogP contribution in [0.3, 0.4) is 0 Å². The van der Waals surface area contributed by atoms with Crippen molar-refractivity contribution in [3.05, 3.63) is 47.1 Å². The van der Waals surface area contributed by atoms with Crippen molar-refractivity contribution in [1.82, 2.24) is 19.9 Å². The Morgan fingerprint density at radius 3 is 2.71 bits per heavy atom. The smallest absolute Gasteiger partial charge is 0.132 e. The molecule has 3 aromatic heterocycles. The van der Waals surface area contributed by atoms with Gasteiger partial charge < -0.3 is 9.88 Å². The number of piperidine rings is 1. The average Bonchev–Trinajstić information content (AvgIpc) is 3.26. The minimum absolute atomic E-state index is 0.521. The first kappa shape index (κ1) is 15.3. The third kappa shape index (κ3) is 2.94. The van der Waals surface area contributed by atoms with Crippen LogP contribution in [0.15, 0.2) is 29.9 Å². The third-order valence-corrected chi connectivity index (χ3v) is 5.67. The SMILES string of the molecule is Cc1nc(C2CCN(c3cc(-c4cccs4)ncn3)CC2)[nH]c1C. The second kappa shape index (κ2) is 6.36. The Kier molecular flexibility index (Phi) is 4.06. The number of imidazole rings is 1. The Labute approximate surface area is 145 Å². The van der Waals surface area contributed by atoms with Crippen LogP contribution in [0.25, 0.3) is 10.6 Å². The summed E-state index contributed by atoms with van der Waals surface area (Å²) in [6.45, 7) is 6.17. The highest BCUT2D eigenvalue weighted by Crippen LogP contribution is 2.30. The van der Waals surface area contributed by atoms with Gasteiger partial charge in [0, 0.05) is 30.8 Å². The average molecular weight is 339 g/mol. The molecule has 0 unspecified atom stereocenters. The molecular weight excluding hydrogens is 318 g/mol. The molecule has 0 atom stereocenters. The third-order valence-electron chi connectivity index (χ3n) is 4.78. The van der Waals surface area contributed by atoms with E-state index in [9.17, 15) is 0 Å². The van der Waals surface area contributed by atoms with Gasteiger partial charge in [-0.15, -0.1) is 11.3 Å².